The molecule has 0 saturated carbocycles. The van der Waals surface area contributed by atoms with Crippen LogP contribution in [0.3, 0.4) is 0 Å². The van der Waals surface area contributed by atoms with Crippen LogP contribution in [0, 0.1) is 6.92 Å². The summed E-state index contributed by atoms with van der Waals surface area (Å²) >= 11 is 1.58. The quantitative estimate of drug-likeness (QED) is 0.659. The summed E-state index contributed by atoms with van der Waals surface area (Å²) in [6.07, 6.45) is 1.14. The fraction of sp³-hybridized carbons (Fsp3) is 0.158. The number of benzene rings is 2. The van der Waals surface area contributed by atoms with Crippen molar-refractivity contribution in [1.82, 2.24) is 4.98 Å². The molecule has 2 aromatic carbocycles. The minimum absolute atomic E-state index is 0.0914. The van der Waals surface area contributed by atoms with Crippen molar-refractivity contribution in [3.63, 3.8) is 0 Å². The molecule has 3 rings (SSSR count). The van der Waals surface area contributed by atoms with Crippen molar-refractivity contribution in [3.05, 3.63) is 59.6 Å². The number of aromatic nitrogens is 1. The van der Waals surface area contributed by atoms with E-state index in [0.29, 0.717) is 5.69 Å². The van der Waals surface area contributed by atoms with Crippen molar-refractivity contribution in [3.8, 4) is 10.6 Å². The second kappa shape index (κ2) is 7.89. The first-order valence-electron chi connectivity index (χ1n) is 8.18. The summed E-state index contributed by atoms with van der Waals surface area (Å²) in [5.41, 5.74) is 3.34. The third-order valence-electron chi connectivity index (χ3n) is 3.75. The third-order valence-corrected chi connectivity index (χ3v) is 5.89. The lowest BCUT2D eigenvalue weighted by Crippen LogP contribution is -2.21. The van der Waals surface area contributed by atoms with Gasteiger partial charge in [0.25, 0.3) is 0 Å². The molecule has 0 aliphatic carbocycles. The van der Waals surface area contributed by atoms with Gasteiger partial charge in [-0.05, 0) is 43.3 Å². The largest absolute Gasteiger partial charge is 0.376 e. The van der Waals surface area contributed by atoms with Crippen molar-refractivity contribution in [2.75, 3.05) is 23.4 Å². The van der Waals surface area contributed by atoms with Crippen LogP contribution in [0.25, 0.3) is 10.6 Å². The van der Waals surface area contributed by atoms with Crippen molar-refractivity contribution < 1.29 is 13.2 Å². The Balaban J connectivity index is 1.59. The molecule has 3 aromatic rings. The molecule has 1 amide bonds. The van der Waals surface area contributed by atoms with Crippen molar-refractivity contribution >= 4 is 38.5 Å². The first kappa shape index (κ1) is 19.1. The molecule has 0 bridgehead atoms. The summed E-state index contributed by atoms with van der Waals surface area (Å²) in [5, 5.41) is 8.75. The Labute approximate surface area is 162 Å². The van der Waals surface area contributed by atoms with Crippen LogP contribution < -0.4 is 10.6 Å². The summed E-state index contributed by atoms with van der Waals surface area (Å²) in [4.78, 5) is 16.8. The molecule has 2 N–H and O–H groups in total. The van der Waals surface area contributed by atoms with E-state index in [9.17, 15) is 13.2 Å². The lowest BCUT2D eigenvalue weighted by atomic mass is 10.2. The topological polar surface area (TPSA) is 88.2 Å². The van der Waals surface area contributed by atoms with Gasteiger partial charge in [-0.2, -0.15) is 0 Å². The highest BCUT2D eigenvalue weighted by molar-refractivity contribution is 7.90. The second-order valence-electron chi connectivity index (χ2n) is 6.07. The molecule has 0 fully saturated rings. The Bertz CT molecular complexity index is 1060. The SMILES string of the molecule is Cc1csc(-c2cccc(NCC(=O)Nc3ccc(S(C)(=O)=O)cc3)c2)n1. The molecule has 140 valence electrons. The van der Waals surface area contributed by atoms with Gasteiger partial charge in [-0.3, -0.25) is 4.79 Å². The normalized spacial score (nSPS) is 11.2. The van der Waals surface area contributed by atoms with Crippen LogP contribution in [-0.2, 0) is 14.6 Å². The summed E-state index contributed by atoms with van der Waals surface area (Å²) in [6.45, 7) is 2.04. The number of hydrogen-bond donors (Lipinski definition) is 2. The van der Waals surface area contributed by atoms with Crippen LogP contribution in [0.4, 0.5) is 11.4 Å². The summed E-state index contributed by atoms with van der Waals surface area (Å²) < 4.78 is 22.9. The first-order chi connectivity index (χ1) is 12.8. The molecule has 0 aliphatic heterocycles. The number of nitrogens with zero attached hydrogens (tertiary/aromatic N) is 1. The molecule has 0 atom stereocenters. The van der Waals surface area contributed by atoms with E-state index >= 15 is 0 Å². The Morgan fingerprint density at radius 1 is 1.11 bits per heavy atom. The number of rotatable bonds is 6. The number of anilines is 2. The molecule has 27 heavy (non-hydrogen) atoms. The maximum Gasteiger partial charge on any atom is 0.243 e. The van der Waals surface area contributed by atoms with E-state index < -0.39 is 9.84 Å². The molecular formula is C19H19N3O3S2. The molecule has 0 unspecified atom stereocenters. The predicted molar refractivity (Wildman–Crippen MR) is 109 cm³/mol. The monoisotopic (exact) mass is 401 g/mol. The van der Waals surface area contributed by atoms with Crippen LogP contribution in [-0.4, -0.2) is 32.1 Å². The van der Waals surface area contributed by atoms with Crippen molar-refractivity contribution in [1.29, 1.82) is 0 Å². The number of aryl methyl sites for hydroxylation is 1. The number of hydrogen-bond acceptors (Lipinski definition) is 6. The minimum atomic E-state index is -3.25. The molecule has 0 spiro atoms. The van der Waals surface area contributed by atoms with Gasteiger partial charge in [0, 0.05) is 34.3 Å². The highest BCUT2D eigenvalue weighted by Crippen LogP contribution is 2.25. The van der Waals surface area contributed by atoms with Crippen LogP contribution in [0.15, 0.2) is 58.8 Å². The lowest BCUT2D eigenvalue weighted by molar-refractivity contribution is -0.114. The number of thiazole rings is 1. The molecule has 1 heterocycles. The number of carbonyl (C=O) groups excluding carboxylic acids is 1. The molecule has 0 radical (unpaired) electrons. The predicted octanol–water partition coefficient (Wildman–Crippen LogP) is 3.57. The number of amides is 1. The number of nitrogens with one attached hydrogen (secondary N) is 2. The minimum Gasteiger partial charge on any atom is -0.376 e. The molecule has 6 nitrogen and oxygen atoms in total. The molecule has 8 heteroatoms. The Morgan fingerprint density at radius 2 is 1.85 bits per heavy atom. The zero-order valence-corrected chi connectivity index (χ0v) is 16.5. The van der Waals surface area contributed by atoms with Crippen LogP contribution in [0.2, 0.25) is 0 Å². The number of sulfone groups is 1. The van der Waals surface area contributed by atoms with E-state index in [2.05, 4.69) is 15.6 Å². The van der Waals surface area contributed by atoms with Crippen molar-refractivity contribution in [2.24, 2.45) is 0 Å². The van der Waals surface area contributed by atoms with Crippen LogP contribution in [0.5, 0.6) is 0 Å². The summed E-state index contributed by atoms with van der Waals surface area (Å²) in [5.74, 6) is -0.224. The van der Waals surface area contributed by atoms with Crippen LogP contribution in [0.1, 0.15) is 5.69 Å². The lowest BCUT2D eigenvalue weighted by Gasteiger charge is -2.09. The maximum absolute atomic E-state index is 12.1. The van der Waals surface area contributed by atoms with Crippen molar-refractivity contribution in [2.45, 2.75) is 11.8 Å². The van der Waals surface area contributed by atoms with E-state index in [-0.39, 0.29) is 17.3 Å². The third kappa shape index (κ3) is 5.15. The van der Waals surface area contributed by atoms with Gasteiger partial charge in [-0.25, -0.2) is 13.4 Å². The van der Waals surface area contributed by atoms with E-state index in [1.807, 2.05) is 36.6 Å². The van der Waals surface area contributed by atoms with Gasteiger partial charge in [0.2, 0.25) is 5.91 Å². The van der Waals surface area contributed by atoms with Gasteiger partial charge in [-0.1, -0.05) is 12.1 Å². The van der Waals surface area contributed by atoms with E-state index in [4.69, 9.17) is 0 Å². The summed E-state index contributed by atoms with van der Waals surface area (Å²) in [6, 6.07) is 13.8. The second-order valence-corrected chi connectivity index (χ2v) is 8.95. The number of carbonyl (C=O) groups is 1. The zero-order valence-electron chi connectivity index (χ0n) is 14.9. The molecular weight excluding hydrogens is 382 g/mol. The Morgan fingerprint density at radius 3 is 2.48 bits per heavy atom. The average molecular weight is 402 g/mol. The van der Waals surface area contributed by atoms with Gasteiger partial charge in [0.15, 0.2) is 9.84 Å². The summed E-state index contributed by atoms with van der Waals surface area (Å²) in [7, 11) is -3.25. The standard InChI is InChI=1S/C19H19N3O3S2/c1-13-12-26-19(21-13)14-4-3-5-16(10-14)20-11-18(23)22-15-6-8-17(9-7-15)27(2,24)25/h3-10,12,20H,11H2,1-2H3,(H,22,23). The van der Waals surface area contributed by atoms with Gasteiger partial charge < -0.3 is 10.6 Å². The highest BCUT2D eigenvalue weighted by Gasteiger charge is 2.08. The Hall–Kier alpha value is -2.71. The van der Waals surface area contributed by atoms with Gasteiger partial charge in [0.1, 0.15) is 5.01 Å². The van der Waals surface area contributed by atoms with E-state index in [0.717, 1.165) is 28.2 Å². The van der Waals surface area contributed by atoms with E-state index in [1.165, 1.54) is 12.1 Å². The van der Waals surface area contributed by atoms with Crippen LogP contribution >= 0.6 is 11.3 Å². The fourth-order valence-corrected chi connectivity index (χ4v) is 3.85. The maximum atomic E-state index is 12.1. The average Bonchev–Trinajstić information content (AvgIpc) is 3.06. The first-order valence-corrected chi connectivity index (χ1v) is 10.9. The fourth-order valence-electron chi connectivity index (χ4n) is 2.42. The zero-order chi connectivity index (χ0) is 19.4. The highest BCUT2D eigenvalue weighted by atomic mass is 32.2. The molecule has 0 aliphatic rings. The van der Waals surface area contributed by atoms with Gasteiger partial charge >= 0.3 is 0 Å². The molecule has 0 saturated heterocycles. The molecule has 1 aromatic heterocycles. The smallest absolute Gasteiger partial charge is 0.243 e. The van der Waals surface area contributed by atoms with Gasteiger partial charge in [0.05, 0.1) is 11.4 Å². The Kier molecular flexibility index (Phi) is 5.57. The van der Waals surface area contributed by atoms with Gasteiger partial charge in [-0.15, -0.1) is 11.3 Å². The van der Waals surface area contributed by atoms with E-state index in [1.54, 1.807) is 23.5 Å².